The third-order valence-corrected chi connectivity index (χ3v) is 3.35. The molecule has 0 bridgehead atoms. The molecule has 0 saturated heterocycles. The lowest BCUT2D eigenvalue weighted by atomic mass is 9.95. The molecule has 0 aromatic carbocycles. The van der Waals surface area contributed by atoms with Gasteiger partial charge in [-0.1, -0.05) is 29.8 Å². The summed E-state index contributed by atoms with van der Waals surface area (Å²) >= 11 is 3.36. The SMILES string of the molecule is CCC(C)(CC)NC(=O)CCCCBr. The van der Waals surface area contributed by atoms with Crippen LogP contribution in [-0.4, -0.2) is 16.8 Å². The third kappa shape index (κ3) is 5.63. The van der Waals surface area contributed by atoms with Crippen molar-refractivity contribution in [1.82, 2.24) is 5.32 Å². The molecule has 1 amide bonds. The minimum absolute atomic E-state index is 0.00845. The fraction of sp³-hybridized carbons (Fsp3) is 0.909. The highest BCUT2D eigenvalue weighted by Gasteiger charge is 2.21. The topological polar surface area (TPSA) is 29.1 Å². The van der Waals surface area contributed by atoms with E-state index in [9.17, 15) is 4.79 Å². The van der Waals surface area contributed by atoms with E-state index in [0.29, 0.717) is 6.42 Å². The van der Waals surface area contributed by atoms with E-state index in [4.69, 9.17) is 0 Å². The molecule has 0 heterocycles. The first-order valence-electron chi connectivity index (χ1n) is 5.45. The van der Waals surface area contributed by atoms with Crippen LogP contribution >= 0.6 is 15.9 Å². The monoisotopic (exact) mass is 263 g/mol. The zero-order valence-electron chi connectivity index (χ0n) is 9.53. The van der Waals surface area contributed by atoms with Crippen molar-refractivity contribution in [3.05, 3.63) is 0 Å². The lowest BCUT2D eigenvalue weighted by Gasteiger charge is -2.28. The molecule has 0 aliphatic carbocycles. The maximum atomic E-state index is 11.5. The molecule has 2 nitrogen and oxygen atoms in total. The van der Waals surface area contributed by atoms with E-state index in [1.54, 1.807) is 0 Å². The zero-order valence-corrected chi connectivity index (χ0v) is 11.1. The minimum Gasteiger partial charge on any atom is -0.351 e. The largest absolute Gasteiger partial charge is 0.351 e. The van der Waals surface area contributed by atoms with Gasteiger partial charge in [-0.3, -0.25) is 4.79 Å². The lowest BCUT2D eigenvalue weighted by molar-refractivity contribution is -0.123. The number of rotatable bonds is 7. The summed E-state index contributed by atoms with van der Waals surface area (Å²) < 4.78 is 0. The van der Waals surface area contributed by atoms with E-state index in [1.807, 2.05) is 0 Å². The van der Waals surface area contributed by atoms with Gasteiger partial charge >= 0.3 is 0 Å². The Balaban J connectivity index is 3.80. The first-order valence-corrected chi connectivity index (χ1v) is 6.57. The first-order chi connectivity index (χ1) is 6.58. The fourth-order valence-corrected chi connectivity index (χ4v) is 1.60. The van der Waals surface area contributed by atoms with Gasteiger partial charge in [0.25, 0.3) is 0 Å². The van der Waals surface area contributed by atoms with Crippen molar-refractivity contribution in [3.8, 4) is 0 Å². The molecule has 14 heavy (non-hydrogen) atoms. The van der Waals surface area contributed by atoms with Crippen LogP contribution in [0.2, 0.25) is 0 Å². The van der Waals surface area contributed by atoms with E-state index in [0.717, 1.165) is 31.0 Å². The summed E-state index contributed by atoms with van der Waals surface area (Å²) in [5.74, 6) is 0.192. The molecule has 0 fully saturated rings. The Kier molecular flexibility index (Phi) is 7.24. The molecule has 0 aromatic heterocycles. The standard InChI is InChI=1S/C11H22BrNO/c1-4-11(3,5-2)13-10(14)8-6-7-9-12/h4-9H2,1-3H3,(H,13,14). The molecule has 0 spiro atoms. The Morgan fingerprint density at radius 3 is 2.29 bits per heavy atom. The summed E-state index contributed by atoms with van der Waals surface area (Å²) in [6.07, 6.45) is 4.69. The molecule has 0 aliphatic heterocycles. The number of alkyl halides is 1. The Bertz CT molecular complexity index is 167. The van der Waals surface area contributed by atoms with Gasteiger partial charge < -0.3 is 5.32 Å². The van der Waals surface area contributed by atoms with Crippen LogP contribution in [-0.2, 0) is 4.79 Å². The van der Waals surface area contributed by atoms with Gasteiger partial charge in [-0.15, -0.1) is 0 Å². The second-order valence-corrected chi connectivity index (χ2v) is 4.76. The summed E-state index contributed by atoms with van der Waals surface area (Å²) in [6, 6.07) is 0. The highest BCUT2D eigenvalue weighted by Crippen LogP contribution is 2.14. The van der Waals surface area contributed by atoms with Crippen molar-refractivity contribution in [1.29, 1.82) is 0 Å². The van der Waals surface area contributed by atoms with Gasteiger partial charge in [-0.05, 0) is 32.6 Å². The average molecular weight is 264 g/mol. The van der Waals surface area contributed by atoms with E-state index >= 15 is 0 Å². The van der Waals surface area contributed by atoms with Crippen LogP contribution in [0.5, 0.6) is 0 Å². The highest BCUT2D eigenvalue weighted by molar-refractivity contribution is 9.09. The van der Waals surface area contributed by atoms with Crippen LogP contribution in [0.1, 0.15) is 52.9 Å². The number of carbonyl (C=O) groups is 1. The summed E-state index contributed by atoms with van der Waals surface area (Å²) in [5.41, 5.74) is -0.00845. The van der Waals surface area contributed by atoms with E-state index < -0.39 is 0 Å². The van der Waals surface area contributed by atoms with Gasteiger partial charge in [0.15, 0.2) is 0 Å². The number of amides is 1. The molecule has 84 valence electrons. The molecular weight excluding hydrogens is 242 g/mol. The number of halogens is 1. The number of hydrogen-bond acceptors (Lipinski definition) is 1. The number of hydrogen-bond donors (Lipinski definition) is 1. The molecule has 0 rings (SSSR count). The Morgan fingerprint density at radius 1 is 1.29 bits per heavy atom. The summed E-state index contributed by atoms with van der Waals surface area (Å²) in [5, 5.41) is 4.08. The molecular formula is C11H22BrNO. The van der Waals surface area contributed by atoms with Gasteiger partial charge in [0.1, 0.15) is 0 Å². The molecule has 0 aromatic rings. The van der Waals surface area contributed by atoms with Crippen molar-refractivity contribution in [2.24, 2.45) is 0 Å². The maximum Gasteiger partial charge on any atom is 0.220 e. The quantitative estimate of drug-likeness (QED) is 0.555. The molecule has 0 aliphatic rings. The highest BCUT2D eigenvalue weighted by atomic mass is 79.9. The van der Waals surface area contributed by atoms with Crippen molar-refractivity contribution in [2.75, 3.05) is 5.33 Å². The zero-order chi connectivity index (χ0) is 11.0. The van der Waals surface area contributed by atoms with Crippen LogP contribution in [0.3, 0.4) is 0 Å². The lowest BCUT2D eigenvalue weighted by Crippen LogP contribution is -2.44. The Labute approximate surface area is 96.0 Å². The predicted molar refractivity (Wildman–Crippen MR) is 64.8 cm³/mol. The average Bonchev–Trinajstić information content (AvgIpc) is 2.18. The minimum atomic E-state index is -0.00845. The van der Waals surface area contributed by atoms with E-state index in [-0.39, 0.29) is 11.4 Å². The van der Waals surface area contributed by atoms with Crippen LogP contribution in [0.15, 0.2) is 0 Å². The van der Waals surface area contributed by atoms with Crippen LogP contribution < -0.4 is 5.32 Å². The Hall–Kier alpha value is -0.0500. The van der Waals surface area contributed by atoms with E-state index in [1.165, 1.54) is 0 Å². The maximum absolute atomic E-state index is 11.5. The molecule has 0 atom stereocenters. The third-order valence-electron chi connectivity index (χ3n) is 2.79. The number of nitrogens with one attached hydrogen (secondary N) is 1. The Morgan fingerprint density at radius 2 is 1.86 bits per heavy atom. The molecule has 0 unspecified atom stereocenters. The van der Waals surface area contributed by atoms with Gasteiger partial charge in [-0.25, -0.2) is 0 Å². The van der Waals surface area contributed by atoms with Gasteiger partial charge in [0, 0.05) is 17.3 Å². The smallest absolute Gasteiger partial charge is 0.220 e. The van der Waals surface area contributed by atoms with Crippen molar-refractivity contribution in [3.63, 3.8) is 0 Å². The molecule has 3 heteroatoms. The molecule has 0 radical (unpaired) electrons. The molecule has 0 saturated carbocycles. The summed E-state index contributed by atoms with van der Waals surface area (Å²) in [7, 11) is 0. The van der Waals surface area contributed by atoms with Gasteiger partial charge in [0.05, 0.1) is 0 Å². The fourth-order valence-electron chi connectivity index (χ4n) is 1.21. The van der Waals surface area contributed by atoms with E-state index in [2.05, 4.69) is 42.0 Å². The van der Waals surface area contributed by atoms with Crippen molar-refractivity contribution in [2.45, 2.75) is 58.4 Å². The normalized spacial score (nSPS) is 11.4. The predicted octanol–water partition coefficient (Wildman–Crippen LogP) is 3.25. The van der Waals surface area contributed by atoms with Gasteiger partial charge in [-0.2, -0.15) is 0 Å². The number of carbonyl (C=O) groups excluding carboxylic acids is 1. The van der Waals surface area contributed by atoms with Crippen molar-refractivity contribution < 1.29 is 4.79 Å². The van der Waals surface area contributed by atoms with Crippen LogP contribution in [0.4, 0.5) is 0 Å². The van der Waals surface area contributed by atoms with Crippen LogP contribution in [0.25, 0.3) is 0 Å². The van der Waals surface area contributed by atoms with Crippen molar-refractivity contribution >= 4 is 21.8 Å². The summed E-state index contributed by atoms with van der Waals surface area (Å²) in [6.45, 7) is 6.33. The number of unbranched alkanes of at least 4 members (excludes halogenated alkanes) is 1. The second-order valence-electron chi connectivity index (χ2n) is 3.96. The first kappa shape index (κ1) is 13.9. The van der Waals surface area contributed by atoms with Gasteiger partial charge in [0.2, 0.25) is 5.91 Å². The van der Waals surface area contributed by atoms with Crippen LogP contribution in [0, 0.1) is 0 Å². The molecule has 1 N–H and O–H groups in total. The summed E-state index contributed by atoms with van der Waals surface area (Å²) in [4.78, 5) is 11.5. The second kappa shape index (κ2) is 7.27.